The van der Waals surface area contributed by atoms with E-state index in [0.717, 1.165) is 5.56 Å². The highest BCUT2D eigenvalue weighted by atomic mass is 19.4. The number of anilines is 1. The lowest BCUT2D eigenvalue weighted by Gasteiger charge is -2.07. The highest BCUT2D eigenvalue weighted by Gasteiger charge is 2.37. The minimum absolute atomic E-state index is 0.0936. The summed E-state index contributed by atoms with van der Waals surface area (Å²) in [5, 5.41) is 15.8. The standard InChI is InChI=1S/C15H17F3N4O/c1-9-7-11-12(4-5-19-14(11)20-9)22-8-10(3-2-6-23)13(21-22)15(16,17)18/h4-5,8-9,23H,2-3,6-7H2,1H3,(H,19,20)/t9-/m0/s1. The number of halogens is 3. The van der Waals surface area contributed by atoms with Crippen LogP contribution in [0.1, 0.15) is 30.2 Å². The number of fused-ring (bicyclic) bond motifs is 1. The van der Waals surface area contributed by atoms with Gasteiger partial charge in [0.15, 0.2) is 5.69 Å². The highest BCUT2D eigenvalue weighted by Crippen LogP contribution is 2.34. The molecule has 8 heteroatoms. The molecule has 0 spiro atoms. The maximum absolute atomic E-state index is 13.2. The third kappa shape index (κ3) is 3.03. The van der Waals surface area contributed by atoms with Crippen LogP contribution < -0.4 is 5.32 Å². The summed E-state index contributed by atoms with van der Waals surface area (Å²) in [6.07, 6.45) is -0.475. The average Bonchev–Trinajstić information content (AvgIpc) is 3.06. The zero-order valence-corrected chi connectivity index (χ0v) is 12.6. The topological polar surface area (TPSA) is 63.0 Å². The maximum atomic E-state index is 13.2. The molecule has 0 bridgehead atoms. The van der Waals surface area contributed by atoms with Crippen LogP contribution in [-0.4, -0.2) is 32.5 Å². The van der Waals surface area contributed by atoms with Crippen molar-refractivity contribution in [1.82, 2.24) is 14.8 Å². The van der Waals surface area contributed by atoms with Crippen molar-refractivity contribution in [3.8, 4) is 5.69 Å². The van der Waals surface area contributed by atoms with Crippen molar-refractivity contribution in [2.24, 2.45) is 0 Å². The fourth-order valence-electron chi connectivity index (χ4n) is 2.84. The Kier molecular flexibility index (Phi) is 4.01. The van der Waals surface area contributed by atoms with Crippen molar-refractivity contribution < 1.29 is 18.3 Å². The Morgan fingerprint density at radius 3 is 2.91 bits per heavy atom. The lowest BCUT2D eigenvalue weighted by atomic mass is 10.1. The summed E-state index contributed by atoms with van der Waals surface area (Å²) in [6, 6.07) is 1.85. The number of aliphatic hydroxyl groups excluding tert-OH is 1. The van der Waals surface area contributed by atoms with E-state index in [9.17, 15) is 13.2 Å². The molecule has 0 saturated carbocycles. The molecule has 2 aromatic heterocycles. The number of rotatable bonds is 4. The first-order valence-electron chi connectivity index (χ1n) is 7.41. The van der Waals surface area contributed by atoms with E-state index < -0.39 is 11.9 Å². The Bertz CT molecular complexity index is 711. The van der Waals surface area contributed by atoms with E-state index >= 15 is 0 Å². The molecule has 3 rings (SSSR count). The summed E-state index contributed by atoms with van der Waals surface area (Å²) >= 11 is 0. The van der Waals surface area contributed by atoms with Gasteiger partial charge in [-0.3, -0.25) is 0 Å². The van der Waals surface area contributed by atoms with Crippen molar-refractivity contribution in [3.05, 3.63) is 35.3 Å². The van der Waals surface area contributed by atoms with Gasteiger partial charge in [0.25, 0.3) is 0 Å². The SMILES string of the molecule is C[C@H]1Cc2c(-n3cc(CCCO)c(C(F)(F)F)n3)ccnc2N1. The quantitative estimate of drug-likeness (QED) is 0.906. The van der Waals surface area contributed by atoms with Crippen LogP contribution in [0.3, 0.4) is 0 Å². The van der Waals surface area contributed by atoms with Gasteiger partial charge in [0.1, 0.15) is 5.82 Å². The summed E-state index contributed by atoms with van der Waals surface area (Å²) in [5.74, 6) is 0.691. The molecule has 1 atom stereocenters. The third-order valence-electron chi connectivity index (χ3n) is 3.83. The fraction of sp³-hybridized carbons (Fsp3) is 0.467. The second-order valence-corrected chi connectivity index (χ2v) is 5.68. The fourth-order valence-corrected chi connectivity index (χ4v) is 2.84. The first kappa shape index (κ1) is 15.8. The van der Waals surface area contributed by atoms with Crippen molar-refractivity contribution in [2.45, 2.75) is 38.4 Å². The number of nitrogens with zero attached hydrogens (tertiary/aromatic N) is 3. The van der Waals surface area contributed by atoms with Crippen LogP contribution in [0, 0.1) is 0 Å². The second-order valence-electron chi connectivity index (χ2n) is 5.68. The molecule has 0 aliphatic carbocycles. The van der Waals surface area contributed by atoms with Crippen LogP contribution in [0.2, 0.25) is 0 Å². The van der Waals surface area contributed by atoms with Gasteiger partial charge in [-0.25, -0.2) is 9.67 Å². The number of hydrogen-bond acceptors (Lipinski definition) is 4. The van der Waals surface area contributed by atoms with Crippen molar-refractivity contribution in [1.29, 1.82) is 0 Å². The summed E-state index contributed by atoms with van der Waals surface area (Å²) in [4.78, 5) is 4.22. The Labute approximate surface area is 131 Å². The van der Waals surface area contributed by atoms with Gasteiger partial charge in [0, 0.05) is 36.2 Å². The van der Waals surface area contributed by atoms with Crippen molar-refractivity contribution in [2.75, 3.05) is 11.9 Å². The third-order valence-corrected chi connectivity index (χ3v) is 3.83. The van der Waals surface area contributed by atoms with Gasteiger partial charge in [-0.15, -0.1) is 0 Å². The Balaban J connectivity index is 2.05. The molecule has 0 amide bonds. The molecule has 0 saturated heterocycles. The molecule has 124 valence electrons. The Hall–Kier alpha value is -2.09. The molecule has 3 heterocycles. The number of pyridine rings is 1. The minimum Gasteiger partial charge on any atom is -0.396 e. The number of aryl methyl sites for hydroxylation is 1. The van der Waals surface area contributed by atoms with Gasteiger partial charge in [0.2, 0.25) is 0 Å². The van der Waals surface area contributed by atoms with Crippen LogP contribution in [0.4, 0.5) is 19.0 Å². The number of aliphatic hydroxyl groups is 1. The van der Waals surface area contributed by atoms with Gasteiger partial charge in [0.05, 0.1) is 5.69 Å². The molecule has 0 fully saturated rings. The van der Waals surface area contributed by atoms with Gasteiger partial charge < -0.3 is 10.4 Å². The van der Waals surface area contributed by atoms with Gasteiger partial charge in [-0.1, -0.05) is 0 Å². The average molecular weight is 326 g/mol. The molecule has 0 aromatic carbocycles. The molecular weight excluding hydrogens is 309 g/mol. The smallest absolute Gasteiger partial charge is 0.396 e. The molecule has 2 aromatic rings. The number of nitrogens with one attached hydrogen (secondary N) is 1. The van der Waals surface area contributed by atoms with Crippen LogP contribution >= 0.6 is 0 Å². The van der Waals surface area contributed by atoms with Crippen molar-refractivity contribution >= 4 is 5.82 Å². The van der Waals surface area contributed by atoms with E-state index in [2.05, 4.69) is 15.4 Å². The first-order chi connectivity index (χ1) is 10.9. The molecule has 1 aliphatic heterocycles. The molecular formula is C15H17F3N4O. The summed E-state index contributed by atoms with van der Waals surface area (Å²) in [5.41, 5.74) is 0.671. The highest BCUT2D eigenvalue weighted by molar-refractivity contribution is 5.59. The van der Waals surface area contributed by atoms with Gasteiger partial charge in [-0.2, -0.15) is 18.3 Å². The van der Waals surface area contributed by atoms with E-state index in [0.29, 0.717) is 17.9 Å². The van der Waals surface area contributed by atoms with E-state index in [-0.39, 0.29) is 31.1 Å². The Morgan fingerprint density at radius 1 is 1.43 bits per heavy atom. The Morgan fingerprint density at radius 2 is 2.22 bits per heavy atom. The zero-order chi connectivity index (χ0) is 16.6. The lowest BCUT2D eigenvalue weighted by Crippen LogP contribution is -2.10. The molecule has 0 unspecified atom stereocenters. The van der Waals surface area contributed by atoms with E-state index in [4.69, 9.17) is 5.11 Å². The van der Waals surface area contributed by atoms with Crippen LogP contribution in [-0.2, 0) is 19.0 Å². The largest absolute Gasteiger partial charge is 0.435 e. The predicted molar refractivity (Wildman–Crippen MR) is 78.6 cm³/mol. The predicted octanol–water partition coefficient (Wildman–Crippen LogP) is 2.57. The number of alkyl halides is 3. The van der Waals surface area contributed by atoms with Crippen LogP contribution in [0.25, 0.3) is 5.69 Å². The molecule has 2 N–H and O–H groups in total. The minimum atomic E-state index is -4.52. The van der Waals surface area contributed by atoms with Crippen molar-refractivity contribution in [3.63, 3.8) is 0 Å². The summed E-state index contributed by atoms with van der Waals surface area (Å²) in [7, 11) is 0. The van der Waals surface area contributed by atoms with Gasteiger partial charge >= 0.3 is 6.18 Å². The molecule has 0 radical (unpaired) electrons. The normalized spacial score (nSPS) is 17.2. The molecule has 1 aliphatic rings. The second kappa shape index (κ2) is 5.84. The number of aromatic nitrogens is 3. The van der Waals surface area contributed by atoms with Crippen LogP contribution in [0.5, 0.6) is 0 Å². The monoisotopic (exact) mass is 326 g/mol. The van der Waals surface area contributed by atoms with Crippen LogP contribution in [0.15, 0.2) is 18.5 Å². The van der Waals surface area contributed by atoms with E-state index in [1.807, 2.05) is 6.92 Å². The zero-order valence-electron chi connectivity index (χ0n) is 12.6. The molecule has 23 heavy (non-hydrogen) atoms. The lowest BCUT2D eigenvalue weighted by molar-refractivity contribution is -0.142. The molecule has 5 nitrogen and oxygen atoms in total. The summed E-state index contributed by atoms with van der Waals surface area (Å²) < 4.78 is 40.8. The van der Waals surface area contributed by atoms with Gasteiger partial charge in [-0.05, 0) is 32.3 Å². The maximum Gasteiger partial charge on any atom is 0.435 e. The first-order valence-corrected chi connectivity index (χ1v) is 7.41. The van der Waals surface area contributed by atoms with E-state index in [1.165, 1.54) is 10.9 Å². The summed E-state index contributed by atoms with van der Waals surface area (Å²) in [6.45, 7) is 1.83. The number of hydrogen-bond donors (Lipinski definition) is 2. The van der Waals surface area contributed by atoms with E-state index in [1.54, 1.807) is 12.3 Å².